The molecule has 0 saturated carbocycles. The monoisotopic (exact) mass is 461 g/mol. The molecule has 0 aromatic heterocycles. The Morgan fingerprint density at radius 1 is 0.871 bits per heavy atom. The molecule has 0 spiro atoms. The standard InChI is InChI=1S/C20H39N5O5S/c1-11(2)9-14(20(29)30)24-18(27)15(10-31)25-17(26)13(7-5-6-8-21)23-19(28)16(22)12(3)4/h11-16,31H,5-10,21-22H2,1-4H3,(H,23,28)(H,24,27)(H,25,26)(H,29,30). The number of unbranched alkanes of at least 4 members (excludes halogenated alkanes) is 1. The van der Waals surface area contributed by atoms with E-state index in [9.17, 15) is 24.3 Å². The SMILES string of the molecule is CC(C)CC(NC(=O)C(CS)NC(=O)C(CCCCN)NC(=O)C(N)C(C)C)C(=O)O. The van der Waals surface area contributed by atoms with Gasteiger partial charge in [0.25, 0.3) is 0 Å². The highest BCUT2D eigenvalue weighted by atomic mass is 32.1. The molecule has 0 bridgehead atoms. The molecule has 0 heterocycles. The summed E-state index contributed by atoms with van der Waals surface area (Å²) < 4.78 is 0. The molecule has 0 rings (SSSR count). The molecule has 0 aromatic carbocycles. The first-order chi connectivity index (χ1) is 14.4. The van der Waals surface area contributed by atoms with Crippen LogP contribution in [0.1, 0.15) is 53.4 Å². The Morgan fingerprint density at radius 2 is 1.39 bits per heavy atom. The van der Waals surface area contributed by atoms with Gasteiger partial charge in [-0.1, -0.05) is 27.7 Å². The third-order valence-electron chi connectivity index (χ3n) is 4.74. The molecule has 11 heteroatoms. The Hall–Kier alpha value is -1.85. The van der Waals surface area contributed by atoms with Crippen LogP contribution in [-0.4, -0.2) is 65.3 Å². The number of aliphatic carboxylic acids is 1. The maximum Gasteiger partial charge on any atom is 0.326 e. The Morgan fingerprint density at radius 3 is 1.84 bits per heavy atom. The molecule has 180 valence electrons. The number of carbonyl (C=O) groups excluding carboxylic acids is 3. The predicted molar refractivity (Wildman–Crippen MR) is 122 cm³/mol. The number of carboxylic acid groups (broad SMARTS) is 1. The Balaban J connectivity index is 5.23. The number of carboxylic acids is 1. The quantitative estimate of drug-likeness (QED) is 0.128. The molecule has 0 fully saturated rings. The second-order valence-electron chi connectivity index (χ2n) is 8.39. The molecule has 8 N–H and O–H groups in total. The smallest absolute Gasteiger partial charge is 0.326 e. The molecule has 0 aromatic rings. The number of nitrogens with two attached hydrogens (primary N) is 2. The maximum atomic E-state index is 12.8. The Labute approximate surface area is 190 Å². The zero-order valence-electron chi connectivity index (χ0n) is 18.9. The largest absolute Gasteiger partial charge is 0.480 e. The molecule has 0 aliphatic carbocycles. The zero-order valence-corrected chi connectivity index (χ0v) is 19.8. The molecular weight excluding hydrogens is 422 g/mol. The van der Waals surface area contributed by atoms with E-state index in [-0.39, 0.29) is 24.0 Å². The maximum absolute atomic E-state index is 12.8. The van der Waals surface area contributed by atoms with Crippen LogP contribution in [-0.2, 0) is 19.2 Å². The summed E-state index contributed by atoms with van der Waals surface area (Å²) in [7, 11) is 0. The normalized spacial score (nSPS) is 15.1. The molecule has 10 nitrogen and oxygen atoms in total. The van der Waals surface area contributed by atoms with E-state index in [1.165, 1.54) is 0 Å². The molecule has 4 unspecified atom stereocenters. The van der Waals surface area contributed by atoms with E-state index in [2.05, 4.69) is 28.6 Å². The van der Waals surface area contributed by atoms with E-state index in [0.29, 0.717) is 25.8 Å². The lowest BCUT2D eigenvalue weighted by Crippen LogP contribution is -2.58. The van der Waals surface area contributed by atoms with Gasteiger partial charge in [-0.05, 0) is 44.1 Å². The van der Waals surface area contributed by atoms with E-state index in [0.717, 1.165) is 0 Å². The van der Waals surface area contributed by atoms with Crippen molar-refractivity contribution in [1.82, 2.24) is 16.0 Å². The van der Waals surface area contributed by atoms with Crippen LogP contribution in [0.2, 0.25) is 0 Å². The van der Waals surface area contributed by atoms with Crippen LogP contribution in [0.15, 0.2) is 0 Å². The first kappa shape index (κ1) is 29.1. The summed E-state index contributed by atoms with van der Waals surface area (Å²) in [6, 6.07) is -3.81. The van der Waals surface area contributed by atoms with Crippen molar-refractivity contribution in [2.45, 2.75) is 77.5 Å². The molecular formula is C20H39N5O5S. The number of rotatable bonds is 15. The molecule has 31 heavy (non-hydrogen) atoms. The number of hydrogen-bond acceptors (Lipinski definition) is 7. The first-order valence-corrected chi connectivity index (χ1v) is 11.3. The van der Waals surface area contributed by atoms with Crippen LogP contribution in [0.4, 0.5) is 0 Å². The van der Waals surface area contributed by atoms with E-state index >= 15 is 0 Å². The van der Waals surface area contributed by atoms with Gasteiger partial charge in [0.05, 0.1) is 6.04 Å². The number of hydrogen-bond donors (Lipinski definition) is 7. The van der Waals surface area contributed by atoms with E-state index < -0.39 is 47.9 Å². The molecule has 0 aliphatic heterocycles. The summed E-state index contributed by atoms with van der Waals surface area (Å²) in [5.41, 5.74) is 11.4. The van der Waals surface area contributed by atoms with E-state index in [1.807, 2.05) is 13.8 Å². The average Bonchev–Trinajstić information content (AvgIpc) is 2.69. The highest BCUT2D eigenvalue weighted by molar-refractivity contribution is 7.80. The van der Waals surface area contributed by atoms with Crippen molar-refractivity contribution in [3.8, 4) is 0 Å². The van der Waals surface area contributed by atoms with Gasteiger partial charge in [-0.25, -0.2) is 4.79 Å². The van der Waals surface area contributed by atoms with Crippen LogP contribution in [0.5, 0.6) is 0 Å². The lowest BCUT2D eigenvalue weighted by molar-refractivity contribution is -0.142. The lowest BCUT2D eigenvalue weighted by atomic mass is 10.0. The van der Waals surface area contributed by atoms with Crippen molar-refractivity contribution < 1.29 is 24.3 Å². The first-order valence-electron chi connectivity index (χ1n) is 10.6. The summed E-state index contributed by atoms with van der Waals surface area (Å²) in [5.74, 6) is -2.93. The van der Waals surface area contributed by atoms with Crippen LogP contribution >= 0.6 is 12.6 Å². The number of thiol groups is 1. The third-order valence-corrected chi connectivity index (χ3v) is 5.10. The summed E-state index contributed by atoms with van der Waals surface area (Å²) in [6.07, 6.45) is 1.84. The van der Waals surface area contributed by atoms with Crippen LogP contribution in [0, 0.1) is 11.8 Å². The fraction of sp³-hybridized carbons (Fsp3) is 0.800. The Bertz CT molecular complexity index is 603. The zero-order chi connectivity index (χ0) is 24.1. The van der Waals surface area contributed by atoms with Crippen molar-refractivity contribution in [3.05, 3.63) is 0 Å². The summed E-state index contributed by atoms with van der Waals surface area (Å²) in [4.78, 5) is 49.1. The minimum absolute atomic E-state index is 0.0411. The van der Waals surface area contributed by atoms with Crippen LogP contribution < -0.4 is 27.4 Å². The van der Waals surface area contributed by atoms with Gasteiger partial charge >= 0.3 is 5.97 Å². The van der Waals surface area contributed by atoms with Crippen LogP contribution in [0.25, 0.3) is 0 Å². The van der Waals surface area contributed by atoms with Gasteiger partial charge in [-0.3, -0.25) is 14.4 Å². The van der Waals surface area contributed by atoms with Gasteiger partial charge in [0.1, 0.15) is 18.1 Å². The topological polar surface area (TPSA) is 177 Å². The van der Waals surface area contributed by atoms with E-state index in [1.54, 1.807) is 13.8 Å². The fourth-order valence-corrected chi connectivity index (χ4v) is 3.02. The molecule has 0 aliphatic rings. The summed E-state index contributed by atoms with van der Waals surface area (Å²) >= 11 is 4.11. The summed E-state index contributed by atoms with van der Waals surface area (Å²) in [5, 5.41) is 17.0. The van der Waals surface area contributed by atoms with Gasteiger partial charge in [0.15, 0.2) is 0 Å². The predicted octanol–water partition coefficient (Wildman–Crippen LogP) is -0.386. The Kier molecular flexibility index (Phi) is 14.1. The van der Waals surface area contributed by atoms with Crippen LogP contribution in [0.3, 0.4) is 0 Å². The van der Waals surface area contributed by atoms with Gasteiger partial charge in [0, 0.05) is 5.75 Å². The van der Waals surface area contributed by atoms with Gasteiger partial charge in [0.2, 0.25) is 17.7 Å². The highest BCUT2D eigenvalue weighted by Crippen LogP contribution is 2.07. The van der Waals surface area contributed by atoms with E-state index in [4.69, 9.17) is 11.5 Å². The number of nitrogens with one attached hydrogen (secondary N) is 3. The number of amides is 3. The second kappa shape index (κ2) is 15.0. The van der Waals surface area contributed by atoms with Crippen molar-refractivity contribution in [2.75, 3.05) is 12.3 Å². The van der Waals surface area contributed by atoms with Crippen molar-refractivity contribution in [3.63, 3.8) is 0 Å². The second-order valence-corrected chi connectivity index (χ2v) is 8.75. The fourth-order valence-electron chi connectivity index (χ4n) is 2.76. The average molecular weight is 462 g/mol. The number of carbonyl (C=O) groups is 4. The third kappa shape index (κ3) is 11.4. The minimum Gasteiger partial charge on any atom is -0.480 e. The van der Waals surface area contributed by atoms with Crippen molar-refractivity contribution >= 4 is 36.3 Å². The van der Waals surface area contributed by atoms with Gasteiger partial charge in [-0.2, -0.15) is 12.6 Å². The molecule has 0 radical (unpaired) electrons. The molecule has 4 atom stereocenters. The molecule has 0 saturated heterocycles. The molecule has 3 amide bonds. The van der Waals surface area contributed by atoms with Crippen molar-refractivity contribution in [2.24, 2.45) is 23.3 Å². The lowest BCUT2D eigenvalue weighted by Gasteiger charge is -2.25. The minimum atomic E-state index is -1.15. The highest BCUT2D eigenvalue weighted by Gasteiger charge is 2.30. The van der Waals surface area contributed by atoms with Crippen molar-refractivity contribution in [1.29, 1.82) is 0 Å². The summed E-state index contributed by atoms with van der Waals surface area (Å²) in [6.45, 7) is 7.73. The van der Waals surface area contributed by atoms with Gasteiger partial charge < -0.3 is 32.5 Å². The van der Waals surface area contributed by atoms with Gasteiger partial charge in [-0.15, -0.1) is 0 Å².